The lowest BCUT2D eigenvalue weighted by atomic mass is 9.98. The van der Waals surface area contributed by atoms with Crippen molar-refractivity contribution in [2.75, 3.05) is 39.0 Å². The molecule has 42 heavy (non-hydrogen) atoms. The number of thiazole rings is 1. The number of ether oxygens (including phenoxy) is 1. The van der Waals surface area contributed by atoms with E-state index in [0.717, 1.165) is 10.3 Å². The zero-order valence-corrected chi connectivity index (χ0v) is 24.1. The lowest BCUT2D eigenvalue weighted by molar-refractivity contribution is -0.121. The maximum atomic E-state index is 13.7. The summed E-state index contributed by atoms with van der Waals surface area (Å²) in [4.78, 5) is 45.5. The van der Waals surface area contributed by atoms with Gasteiger partial charge in [0.2, 0.25) is 5.91 Å². The summed E-state index contributed by atoms with van der Waals surface area (Å²) in [5, 5.41) is 16.9. The highest BCUT2D eigenvalue weighted by atomic mass is 32.1. The molecule has 3 aromatic carbocycles. The Kier molecular flexibility index (Phi) is 8.87. The summed E-state index contributed by atoms with van der Waals surface area (Å²) in [6, 6.07) is 15.8. The van der Waals surface area contributed by atoms with Gasteiger partial charge in [-0.2, -0.15) is 0 Å². The lowest BCUT2D eigenvalue weighted by Crippen LogP contribution is -2.36. The number of aromatic nitrogens is 1. The minimum absolute atomic E-state index is 0.0895. The van der Waals surface area contributed by atoms with Crippen LogP contribution in [-0.2, 0) is 11.2 Å². The highest BCUT2D eigenvalue weighted by Crippen LogP contribution is 2.33. The third kappa shape index (κ3) is 6.46. The van der Waals surface area contributed by atoms with E-state index in [1.54, 1.807) is 41.3 Å². The molecule has 1 aliphatic heterocycles. The second-order valence-electron chi connectivity index (χ2n) is 10.1. The van der Waals surface area contributed by atoms with E-state index in [0.29, 0.717) is 84.1 Å². The molecule has 0 radical (unpaired) electrons. The third-order valence-corrected chi connectivity index (χ3v) is 8.16. The van der Waals surface area contributed by atoms with Gasteiger partial charge in [-0.05, 0) is 66.8 Å². The molecule has 0 unspecified atom stereocenters. The zero-order chi connectivity index (χ0) is 29.6. The molecule has 0 saturated carbocycles. The first-order valence-corrected chi connectivity index (χ1v) is 14.6. The van der Waals surface area contributed by atoms with Crippen molar-refractivity contribution in [3.8, 4) is 22.6 Å². The predicted octanol–water partition coefficient (Wildman–Crippen LogP) is 3.97. The fourth-order valence-corrected chi connectivity index (χ4v) is 5.91. The fourth-order valence-electron chi connectivity index (χ4n) is 5.07. The van der Waals surface area contributed by atoms with Gasteiger partial charge in [0, 0.05) is 38.2 Å². The number of nitrogens with one attached hydrogen (secondary N) is 2. The van der Waals surface area contributed by atoms with Crippen LogP contribution in [0.15, 0.2) is 54.6 Å². The van der Waals surface area contributed by atoms with Crippen LogP contribution in [0.2, 0.25) is 0 Å². The first-order valence-electron chi connectivity index (χ1n) is 13.8. The Morgan fingerprint density at radius 3 is 2.67 bits per heavy atom. The average molecular weight is 588 g/mol. The number of methoxy groups -OCH3 is 1. The monoisotopic (exact) mass is 587 g/mol. The second-order valence-corrected chi connectivity index (χ2v) is 11.1. The highest BCUT2D eigenvalue weighted by molar-refractivity contribution is 7.22. The van der Waals surface area contributed by atoms with E-state index in [9.17, 15) is 19.5 Å². The van der Waals surface area contributed by atoms with Crippen molar-refractivity contribution >= 4 is 44.4 Å². The van der Waals surface area contributed by atoms with Crippen LogP contribution < -0.4 is 21.1 Å². The minimum atomic E-state index is -0.320. The van der Waals surface area contributed by atoms with E-state index in [1.165, 1.54) is 18.4 Å². The first-order chi connectivity index (χ1) is 20.3. The van der Waals surface area contributed by atoms with Crippen LogP contribution >= 0.6 is 11.3 Å². The van der Waals surface area contributed by atoms with Crippen LogP contribution in [-0.4, -0.2) is 66.0 Å². The van der Waals surface area contributed by atoms with E-state index >= 15 is 0 Å². The van der Waals surface area contributed by atoms with E-state index < -0.39 is 0 Å². The summed E-state index contributed by atoms with van der Waals surface area (Å²) in [7, 11) is 1.50. The van der Waals surface area contributed by atoms with Crippen molar-refractivity contribution in [2.24, 2.45) is 0 Å². The normalized spacial score (nSPS) is 15.2. The number of rotatable bonds is 2. The number of phenolic OH excluding ortho intramolecular Hbond substituents is 1. The number of carbonyl (C=O) groups is 3. The van der Waals surface area contributed by atoms with Gasteiger partial charge < -0.3 is 31.1 Å². The molecule has 4 bridgehead atoms. The Balaban J connectivity index is 1.40. The molecule has 2 heterocycles. The van der Waals surface area contributed by atoms with Gasteiger partial charge in [-0.15, -0.1) is 0 Å². The molecule has 0 saturated heterocycles. The number of anilines is 1. The summed E-state index contributed by atoms with van der Waals surface area (Å²) in [6.07, 6.45) is 1.81. The van der Waals surface area contributed by atoms with Crippen molar-refractivity contribution < 1.29 is 24.2 Å². The molecule has 5 N–H and O–H groups in total. The van der Waals surface area contributed by atoms with Gasteiger partial charge in [0.25, 0.3) is 11.8 Å². The predicted molar refractivity (Wildman–Crippen MR) is 163 cm³/mol. The third-order valence-electron chi connectivity index (χ3n) is 7.22. The van der Waals surface area contributed by atoms with E-state index in [1.807, 2.05) is 18.2 Å². The summed E-state index contributed by atoms with van der Waals surface area (Å²) in [6.45, 7) is 1.50. The molecular formula is C31H33N5O5S. The van der Waals surface area contributed by atoms with E-state index in [4.69, 9.17) is 10.5 Å². The van der Waals surface area contributed by atoms with Crippen LogP contribution in [0.1, 0.15) is 45.5 Å². The van der Waals surface area contributed by atoms with Crippen LogP contribution in [0.4, 0.5) is 5.13 Å². The zero-order valence-electron chi connectivity index (χ0n) is 23.3. The number of fused-ring (bicyclic) bond motifs is 6. The van der Waals surface area contributed by atoms with Gasteiger partial charge in [-0.1, -0.05) is 29.5 Å². The number of amides is 3. The maximum Gasteiger partial charge on any atom is 0.255 e. The Bertz CT molecular complexity index is 1640. The van der Waals surface area contributed by atoms with Crippen LogP contribution in [0.5, 0.6) is 11.5 Å². The maximum absolute atomic E-state index is 13.7. The van der Waals surface area contributed by atoms with Gasteiger partial charge in [-0.25, -0.2) is 4.98 Å². The SMILES string of the molecule is COc1ccc2cc1C(=O)NCCCN(C(=O)c1cccc3nc(N)sc13)CCCC(=O)NCCc1ccc(O)c-2c1. The molecule has 4 aromatic rings. The van der Waals surface area contributed by atoms with Crippen molar-refractivity contribution in [3.63, 3.8) is 0 Å². The van der Waals surface area contributed by atoms with Crippen molar-refractivity contribution in [1.29, 1.82) is 0 Å². The van der Waals surface area contributed by atoms with Crippen LogP contribution in [0.25, 0.3) is 21.3 Å². The van der Waals surface area contributed by atoms with Gasteiger partial charge in [-0.3, -0.25) is 14.4 Å². The molecule has 10 nitrogen and oxygen atoms in total. The Labute approximate surface area is 247 Å². The molecule has 11 heteroatoms. The van der Waals surface area contributed by atoms with Crippen molar-refractivity contribution in [3.05, 3.63) is 71.3 Å². The minimum Gasteiger partial charge on any atom is -0.507 e. The number of benzene rings is 3. The highest BCUT2D eigenvalue weighted by Gasteiger charge is 2.21. The molecule has 1 aliphatic rings. The fraction of sp³-hybridized carbons (Fsp3) is 0.290. The number of aromatic hydroxyl groups is 1. The summed E-state index contributed by atoms with van der Waals surface area (Å²) < 4.78 is 6.17. The van der Waals surface area contributed by atoms with Gasteiger partial charge in [0.15, 0.2) is 5.13 Å². The first kappa shape index (κ1) is 28.9. The van der Waals surface area contributed by atoms with Crippen molar-refractivity contribution in [1.82, 2.24) is 20.5 Å². The number of nitrogens with zero attached hydrogens (tertiary/aromatic N) is 2. The number of nitrogen functional groups attached to an aromatic ring is 1. The number of phenols is 1. The largest absolute Gasteiger partial charge is 0.507 e. The molecule has 0 fully saturated rings. The smallest absolute Gasteiger partial charge is 0.255 e. The summed E-state index contributed by atoms with van der Waals surface area (Å²) in [5.41, 5.74) is 9.61. The van der Waals surface area contributed by atoms with E-state index in [2.05, 4.69) is 15.6 Å². The molecule has 3 amide bonds. The number of hydrogen-bond acceptors (Lipinski definition) is 8. The summed E-state index contributed by atoms with van der Waals surface area (Å²) >= 11 is 1.27. The quantitative estimate of drug-likeness (QED) is 0.277. The Hall–Kier alpha value is -4.64. The number of nitrogens with two attached hydrogens (primary N) is 1. The van der Waals surface area contributed by atoms with Gasteiger partial charge in [0.05, 0.1) is 28.5 Å². The molecule has 218 valence electrons. The molecular weight excluding hydrogens is 554 g/mol. The summed E-state index contributed by atoms with van der Waals surface area (Å²) in [5.74, 6) is -0.0835. The standard InChI is InChI=1S/C31H33N5O5S/c1-41-26-11-9-20-18-23(26)29(39)34-13-4-16-36(30(40)21-5-2-6-24-28(21)42-31(32)35-24)15-3-7-27(38)33-14-12-19-8-10-25(37)22(20)17-19/h2,5-6,8-11,17-18,37H,3-4,7,12-16H2,1H3,(H2,32,35)(H,33,38)(H,34,39). The lowest BCUT2D eigenvalue weighted by Gasteiger charge is -2.23. The van der Waals surface area contributed by atoms with Gasteiger partial charge >= 0.3 is 0 Å². The molecule has 0 atom stereocenters. The average Bonchev–Trinajstić information content (AvgIpc) is 3.38. The molecule has 0 spiro atoms. The Morgan fingerprint density at radius 1 is 1.00 bits per heavy atom. The number of carbonyl (C=O) groups excluding carboxylic acids is 3. The molecule has 1 aromatic heterocycles. The van der Waals surface area contributed by atoms with E-state index in [-0.39, 0.29) is 29.9 Å². The van der Waals surface area contributed by atoms with Crippen LogP contribution in [0, 0.1) is 0 Å². The van der Waals surface area contributed by atoms with Crippen LogP contribution in [0.3, 0.4) is 0 Å². The van der Waals surface area contributed by atoms with Gasteiger partial charge in [0.1, 0.15) is 11.5 Å². The topological polar surface area (TPSA) is 147 Å². The number of hydrogen-bond donors (Lipinski definition) is 4. The molecule has 5 rings (SSSR count). The second kappa shape index (κ2) is 12.9. The Morgan fingerprint density at radius 2 is 1.83 bits per heavy atom. The van der Waals surface area contributed by atoms with Crippen molar-refractivity contribution in [2.45, 2.75) is 25.7 Å². The molecule has 0 aliphatic carbocycles.